The first-order valence-corrected chi connectivity index (χ1v) is 6.72. The number of tetrazole rings is 1. The molecule has 1 heterocycles. The number of nitrogens with one attached hydrogen (secondary N) is 1. The molecule has 0 saturated heterocycles. The van der Waals surface area contributed by atoms with Crippen LogP contribution < -0.4 is 10.1 Å². The number of hydrogen-bond donors (Lipinski definition) is 1. The Morgan fingerprint density at radius 2 is 1.95 bits per heavy atom. The summed E-state index contributed by atoms with van der Waals surface area (Å²) in [5, 5.41) is 15.1. The van der Waals surface area contributed by atoms with Gasteiger partial charge in [0.25, 0.3) is 0 Å². The quantitative estimate of drug-likeness (QED) is 0.868. The molecule has 0 amide bonds. The van der Waals surface area contributed by atoms with Crippen molar-refractivity contribution in [3.8, 4) is 5.75 Å². The molecule has 0 bridgehead atoms. The minimum absolute atomic E-state index is 0.0390. The van der Waals surface area contributed by atoms with E-state index in [1.165, 1.54) is 0 Å². The maximum atomic E-state index is 5.64. The molecule has 2 aromatic rings. The van der Waals surface area contributed by atoms with Crippen LogP contribution in [0.2, 0.25) is 0 Å². The predicted octanol–water partition coefficient (Wildman–Crippen LogP) is 1.64. The van der Waals surface area contributed by atoms with Gasteiger partial charge < -0.3 is 10.1 Å². The fourth-order valence-corrected chi connectivity index (χ4v) is 1.63. The second kappa shape index (κ2) is 6.47. The molecule has 1 aromatic carbocycles. The molecule has 20 heavy (non-hydrogen) atoms. The summed E-state index contributed by atoms with van der Waals surface area (Å²) in [6.07, 6.45) is 0. The van der Waals surface area contributed by atoms with Crippen LogP contribution in [0.15, 0.2) is 30.3 Å². The molecule has 0 saturated carbocycles. The van der Waals surface area contributed by atoms with Gasteiger partial charge in [-0.05, 0) is 43.3 Å². The van der Waals surface area contributed by atoms with Crippen molar-refractivity contribution < 1.29 is 4.74 Å². The second-order valence-electron chi connectivity index (χ2n) is 5.58. The van der Waals surface area contributed by atoms with E-state index in [1.54, 1.807) is 4.68 Å². The number of rotatable bonds is 6. The van der Waals surface area contributed by atoms with Crippen molar-refractivity contribution in [2.24, 2.45) is 0 Å². The van der Waals surface area contributed by atoms with Gasteiger partial charge >= 0.3 is 0 Å². The highest BCUT2D eigenvalue weighted by molar-refractivity contribution is 5.20. The van der Waals surface area contributed by atoms with E-state index < -0.39 is 0 Å². The van der Waals surface area contributed by atoms with E-state index in [1.807, 2.05) is 30.3 Å². The van der Waals surface area contributed by atoms with Gasteiger partial charge in [0.15, 0.2) is 5.82 Å². The van der Waals surface area contributed by atoms with Crippen LogP contribution in [0.4, 0.5) is 0 Å². The molecule has 0 spiro atoms. The van der Waals surface area contributed by atoms with Gasteiger partial charge in [-0.1, -0.05) is 18.2 Å². The lowest BCUT2D eigenvalue weighted by Crippen LogP contribution is -2.36. The zero-order valence-electron chi connectivity index (χ0n) is 12.2. The van der Waals surface area contributed by atoms with Crippen molar-refractivity contribution in [3.05, 3.63) is 36.2 Å². The average Bonchev–Trinajstić information content (AvgIpc) is 2.84. The first kappa shape index (κ1) is 14.5. The van der Waals surface area contributed by atoms with Gasteiger partial charge in [-0.25, -0.2) is 4.68 Å². The second-order valence-corrected chi connectivity index (χ2v) is 5.58. The highest BCUT2D eigenvalue weighted by Gasteiger charge is 2.12. The zero-order valence-corrected chi connectivity index (χ0v) is 12.2. The van der Waals surface area contributed by atoms with Crippen LogP contribution in [0.3, 0.4) is 0 Å². The van der Waals surface area contributed by atoms with Crippen LogP contribution in [0.25, 0.3) is 0 Å². The fourth-order valence-electron chi connectivity index (χ4n) is 1.63. The van der Waals surface area contributed by atoms with Crippen LogP contribution in [0.1, 0.15) is 26.6 Å². The van der Waals surface area contributed by atoms with E-state index >= 15 is 0 Å². The van der Waals surface area contributed by atoms with E-state index in [2.05, 4.69) is 41.6 Å². The summed E-state index contributed by atoms with van der Waals surface area (Å²) in [6, 6.07) is 9.73. The fraction of sp³-hybridized carbons (Fsp3) is 0.500. The minimum Gasteiger partial charge on any atom is -0.492 e. The summed E-state index contributed by atoms with van der Waals surface area (Å²) in [6.45, 7) is 8.14. The van der Waals surface area contributed by atoms with Gasteiger partial charge in [-0.15, -0.1) is 5.10 Å². The van der Waals surface area contributed by atoms with Crippen molar-refractivity contribution in [2.45, 2.75) is 39.4 Å². The first-order valence-electron chi connectivity index (χ1n) is 6.72. The first-order chi connectivity index (χ1) is 9.54. The summed E-state index contributed by atoms with van der Waals surface area (Å²) in [4.78, 5) is 0. The maximum Gasteiger partial charge on any atom is 0.165 e. The number of para-hydroxylation sites is 1. The average molecular weight is 275 g/mol. The number of ether oxygens (including phenoxy) is 1. The van der Waals surface area contributed by atoms with Gasteiger partial charge in [0.2, 0.25) is 0 Å². The molecule has 1 aromatic heterocycles. The van der Waals surface area contributed by atoms with E-state index in [0.717, 1.165) is 11.6 Å². The largest absolute Gasteiger partial charge is 0.492 e. The predicted molar refractivity (Wildman–Crippen MR) is 76.3 cm³/mol. The van der Waals surface area contributed by atoms with Crippen molar-refractivity contribution in [1.82, 2.24) is 25.5 Å². The smallest absolute Gasteiger partial charge is 0.165 e. The molecule has 1 N–H and O–H groups in total. The lowest BCUT2D eigenvalue weighted by molar-refractivity contribution is 0.285. The number of hydrogen-bond acceptors (Lipinski definition) is 5. The molecule has 6 heteroatoms. The number of aromatic nitrogens is 4. The Hall–Kier alpha value is -1.95. The van der Waals surface area contributed by atoms with Crippen LogP contribution in [0.5, 0.6) is 5.75 Å². The van der Waals surface area contributed by atoms with Crippen molar-refractivity contribution in [3.63, 3.8) is 0 Å². The third kappa shape index (κ3) is 4.62. The highest BCUT2D eigenvalue weighted by Crippen LogP contribution is 2.08. The molecule has 6 nitrogen and oxygen atoms in total. The van der Waals surface area contributed by atoms with Gasteiger partial charge in [0.05, 0.1) is 13.1 Å². The lowest BCUT2D eigenvalue weighted by atomic mass is 10.1. The van der Waals surface area contributed by atoms with Crippen molar-refractivity contribution in [2.75, 3.05) is 6.61 Å². The molecule has 0 unspecified atom stereocenters. The van der Waals surface area contributed by atoms with Crippen LogP contribution in [-0.2, 0) is 13.1 Å². The molecular weight excluding hydrogens is 254 g/mol. The Balaban J connectivity index is 1.83. The summed E-state index contributed by atoms with van der Waals surface area (Å²) in [5.41, 5.74) is 0.0390. The summed E-state index contributed by atoms with van der Waals surface area (Å²) >= 11 is 0. The summed E-state index contributed by atoms with van der Waals surface area (Å²) in [7, 11) is 0. The molecule has 0 fully saturated rings. The number of benzene rings is 1. The van der Waals surface area contributed by atoms with Crippen molar-refractivity contribution in [1.29, 1.82) is 0 Å². The standard InChI is InChI=1S/C14H21N5O/c1-14(2,3)15-11-13-16-17-18-19(13)9-10-20-12-7-5-4-6-8-12/h4-8,15H,9-11H2,1-3H3. The van der Waals surface area contributed by atoms with Gasteiger partial charge in [-0.3, -0.25) is 0 Å². The Kier molecular flexibility index (Phi) is 4.68. The van der Waals surface area contributed by atoms with E-state index in [0.29, 0.717) is 19.7 Å². The Bertz CT molecular complexity index is 518. The third-order valence-corrected chi connectivity index (χ3v) is 2.70. The van der Waals surface area contributed by atoms with Gasteiger partial charge in [0, 0.05) is 5.54 Å². The van der Waals surface area contributed by atoms with Crippen LogP contribution in [-0.4, -0.2) is 32.4 Å². The normalized spacial score (nSPS) is 11.6. The topological polar surface area (TPSA) is 64.9 Å². The molecule has 0 aliphatic carbocycles. The molecule has 0 aliphatic rings. The van der Waals surface area contributed by atoms with E-state index in [4.69, 9.17) is 4.74 Å². The maximum absolute atomic E-state index is 5.64. The van der Waals surface area contributed by atoms with Crippen molar-refractivity contribution >= 4 is 0 Å². The highest BCUT2D eigenvalue weighted by atomic mass is 16.5. The molecule has 0 radical (unpaired) electrons. The Morgan fingerprint density at radius 3 is 2.65 bits per heavy atom. The molecule has 0 atom stereocenters. The van der Waals surface area contributed by atoms with E-state index in [9.17, 15) is 0 Å². The Labute approximate surface area is 119 Å². The molecule has 108 valence electrons. The molecular formula is C14H21N5O. The summed E-state index contributed by atoms with van der Waals surface area (Å²) in [5.74, 6) is 1.67. The number of nitrogens with zero attached hydrogens (tertiary/aromatic N) is 4. The van der Waals surface area contributed by atoms with E-state index in [-0.39, 0.29) is 5.54 Å². The SMILES string of the molecule is CC(C)(C)NCc1nnnn1CCOc1ccccc1. The monoisotopic (exact) mass is 275 g/mol. The van der Waals surface area contributed by atoms with Gasteiger partial charge in [-0.2, -0.15) is 0 Å². The van der Waals surface area contributed by atoms with Crippen LogP contribution >= 0.6 is 0 Å². The zero-order chi connectivity index (χ0) is 14.4. The third-order valence-electron chi connectivity index (χ3n) is 2.70. The Morgan fingerprint density at radius 1 is 1.20 bits per heavy atom. The summed E-state index contributed by atoms with van der Waals surface area (Å²) < 4.78 is 7.41. The lowest BCUT2D eigenvalue weighted by Gasteiger charge is -2.19. The minimum atomic E-state index is 0.0390. The van der Waals surface area contributed by atoms with Crippen LogP contribution in [0, 0.1) is 0 Å². The van der Waals surface area contributed by atoms with Gasteiger partial charge in [0.1, 0.15) is 12.4 Å². The molecule has 0 aliphatic heterocycles. The molecule has 2 rings (SSSR count).